The minimum atomic E-state index is 0. The SMILES string of the molecule is CCNC(=NCc1ccc(N2CCNC(=O)C2)cc1)NCC1(CCOCC)CCCC1.I. The van der Waals surface area contributed by atoms with E-state index in [1.54, 1.807) is 0 Å². The van der Waals surface area contributed by atoms with E-state index in [-0.39, 0.29) is 29.9 Å². The van der Waals surface area contributed by atoms with Crippen LogP contribution >= 0.6 is 24.0 Å². The maximum absolute atomic E-state index is 11.6. The Balaban J connectivity index is 0.00000363. The van der Waals surface area contributed by atoms with Gasteiger partial charge in [0.1, 0.15) is 0 Å². The van der Waals surface area contributed by atoms with Crippen molar-refractivity contribution in [1.82, 2.24) is 16.0 Å². The van der Waals surface area contributed by atoms with E-state index in [1.807, 2.05) is 0 Å². The van der Waals surface area contributed by atoms with Crippen molar-refractivity contribution in [3.63, 3.8) is 0 Å². The van der Waals surface area contributed by atoms with Crippen LogP contribution in [0.25, 0.3) is 0 Å². The molecule has 32 heavy (non-hydrogen) atoms. The Hall–Kier alpha value is -1.55. The van der Waals surface area contributed by atoms with Crippen molar-refractivity contribution in [1.29, 1.82) is 0 Å². The molecule has 180 valence electrons. The average Bonchev–Trinajstić information content (AvgIpc) is 3.25. The molecule has 1 saturated heterocycles. The van der Waals surface area contributed by atoms with E-state index in [2.05, 4.69) is 59.0 Å². The molecule has 0 radical (unpaired) electrons. The summed E-state index contributed by atoms with van der Waals surface area (Å²) in [5, 5.41) is 9.85. The number of halogens is 1. The number of rotatable bonds is 10. The number of hydrogen-bond acceptors (Lipinski definition) is 4. The van der Waals surface area contributed by atoms with E-state index in [1.165, 1.54) is 25.7 Å². The fourth-order valence-corrected chi connectivity index (χ4v) is 4.53. The van der Waals surface area contributed by atoms with Gasteiger partial charge in [0, 0.05) is 45.1 Å². The molecule has 1 amide bonds. The van der Waals surface area contributed by atoms with Crippen LogP contribution in [0, 0.1) is 5.41 Å². The molecule has 1 aliphatic heterocycles. The second-order valence-electron chi connectivity index (χ2n) is 8.64. The van der Waals surface area contributed by atoms with Crippen molar-refractivity contribution in [3.8, 4) is 0 Å². The summed E-state index contributed by atoms with van der Waals surface area (Å²) in [4.78, 5) is 18.5. The quantitative estimate of drug-likeness (QED) is 0.178. The van der Waals surface area contributed by atoms with Gasteiger partial charge in [0.05, 0.1) is 13.1 Å². The van der Waals surface area contributed by atoms with Crippen molar-refractivity contribution < 1.29 is 9.53 Å². The van der Waals surface area contributed by atoms with Gasteiger partial charge in [0.15, 0.2) is 5.96 Å². The lowest BCUT2D eigenvalue weighted by Gasteiger charge is -2.30. The highest BCUT2D eigenvalue weighted by Crippen LogP contribution is 2.40. The van der Waals surface area contributed by atoms with Gasteiger partial charge in [-0.1, -0.05) is 25.0 Å². The smallest absolute Gasteiger partial charge is 0.239 e. The number of nitrogens with zero attached hydrogens (tertiary/aromatic N) is 2. The highest BCUT2D eigenvalue weighted by Gasteiger charge is 2.33. The number of anilines is 1. The third-order valence-electron chi connectivity index (χ3n) is 6.38. The Morgan fingerprint density at radius 2 is 1.94 bits per heavy atom. The molecule has 3 rings (SSSR count). The van der Waals surface area contributed by atoms with Gasteiger partial charge in [-0.25, -0.2) is 4.99 Å². The number of nitrogens with one attached hydrogen (secondary N) is 3. The molecule has 7 nitrogen and oxygen atoms in total. The van der Waals surface area contributed by atoms with Crippen LogP contribution in [0.1, 0.15) is 51.5 Å². The molecule has 0 spiro atoms. The first-order valence-electron chi connectivity index (χ1n) is 11.8. The molecular formula is C24H40IN5O2. The number of hydrogen-bond donors (Lipinski definition) is 3. The first-order chi connectivity index (χ1) is 15.1. The normalized spacial score (nSPS) is 18.1. The number of ether oxygens (including phenoxy) is 1. The van der Waals surface area contributed by atoms with Crippen LogP contribution in [-0.4, -0.2) is 57.8 Å². The minimum absolute atomic E-state index is 0. The Morgan fingerprint density at radius 1 is 1.19 bits per heavy atom. The third-order valence-corrected chi connectivity index (χ3v) is 6.38. The zero-order valence-corrected chi connectivity index (χ0v) is 22.0. The first kappa shape index (κ1) is 26.7. The molecule has 2 fully saturated rings. The second kappa shape index (κ2) is 13.9. The summed E-state index contributed by atoms with van der Waals surface area (Å²) in [5.74, 6) is 0.963. The van der Waals surface area contributed by atoms with Crippen LogP contribution in [0.15, 0.2) is 29.3 Å². The summed E-state index contributed by atoms with van der Waals surface area (Å²) in [6, 6.07) is 8.39. The molecule has 8 heteroatoms. The van der Waals surface area contributed by atoms with Crippen LogP contribution < -0.4 is 20.9 Å². The summed E-state index contributed by atoms with van der Waals surface area (Å²) in [6.45, 7) is 10.2. The van der Waals surface area contributed by atoms with E-state index in [9.17, 15) is 4.79 Å². The second-order valence-corrected chi connectivity index (χ2v) is 8.64. The molecule has 0 unspecified atom stereocenters. The molecule has 1 aliphatic carbocycles. The predicted octanol–water partition coefficient (Wildman–Crippen LogP) is 3.28. The van der Waals surface area contributed by atoms with Gasteiger partial charge in [-0.15, -0.1) is 24.0 Å². The highest BCUT2D eigenvalue weighted by atomic mass is 127. The minimum Gasteiger partial charge on any atom is -0.382 e. The zero-order valence-electron chi connectivity index (χ0n) is 19.6. The molecule has 1 saturated carbocycles. The standard InChI is InChI=1S/C24H39N5O2.HI/c1-3-25-23(28-19-24(11-5-6-12-24)13-16-31-4-2)27-17-20-7-9-21(10-8-20)29-15-14-26-22(30)18-29;/h7-10H,3-6,11-19H2,1-2H3,(H,26,30)(H2,25,27,28);1H. The Kier molecular flexibility index (Phi) is 11.6. The number of benzene rings is 1. The lowest BCUT2D eigenvalue weighted by molar-refractivity contribution is -0.120. The molecule has 0 aromatic heterocycles. The fourth-order valence-electron chi connectivity index (χ4n) is 4.53. The van der Waals surface area contributed by atoms with Crippen LogP contribution in [0.4, 0.5) is 5.69 Å². The van der Waals surface area contributed by atoms with Crippen molar-refractivity contribution in [3.05, 3.63) is 29.8 Å². The molecule has 1 heterocycles. The van der Waals surface area contributed by atoms with Crippen LogP contribution in [0.2, 0.25) is 0 Å². The number of carbonyl (C=O) groups excluding carboxylic acids is 1. The molecule has 3 N–H and O–H groups in total. The van der Waals surface area contributed by atoms with Crippen LogP contribution in [0.3, 0.4) is 0 Å². The molecule has 1 aromatic carbocycles. The molecule has 2 aliphatic rings. The van der Waals surface area contributed by atoms with Gasteiger partial charge in [-0.2, -0.15) is 0 Å². The zero-order chi connectivity index (χ0) is 21.9. The van der Waals surface area contributed by atoms with Gasteiger partial charge in [-0.05, 0) is 56.2 Å². The van der Waals surface area contributed by atoms with Gasteiger partial charge in [0.25, 0.3) is 0 Å². The summed E-state index contributed by atoms with van der Waals surface area (Å²) in [6.07, 6.45) is 6.27. The number of amides is 1. The monoisotopic (exact) mass is 557 g/mol. The number of piperazine rings is 1. The summed E-state index contributed by atoms with van der Waals surface area (Å²) < 4.78 is 5.64. The summed E-state index contributed by atoms with van der Waals surface area (Å²) in [7, 11) is 0. The number of guanidine groups is 1. The summed E-state index contributed by atoms with van der Waals surface area (Å²) in [5.41, 5.74) is 2.58. The largest absolute Gasteiger partial charge is 0.382 e. The number of aliphatic imine (C=N–C) groups is 1. The maximum atomic E-state index is 11.6. The molecule has 1 aromatic rings. The van der Waals surface area contributed by atoms with E-state index >= 15 is 0 Å². The van der Waals surface area contributed by atoms with Gasteiger partial charge >= 0.3 is 0 Å². The third kappa shape index (κ3) is 8.10. The van der Waals surface area contributed by atoms with E-state index < -0.39 is 0 Å². The van der Waals surface area contributed by atoms with Gasteiger partial charge < -0.3 is 25.6 Å². The topological polar surface area (TPSA) is 78.0 Å². The van der Waals surface area contributed by atoms with Gasteiger partial charge in [-0.3, -0.25) is 4.79 Å². The van der Waals surface area contributed by atoms with E-state index in [0.717, 1.165) is 56.5 Å². The fraction of sp³-hybridized carbons (Fsp3) is 0.667. The first-order valence-corrected chi connectivity index (χ1v) is 11.8. The molecule has 0 atom stereocenters. The Labute approximate surface area is 210 Å². The predicted molar refractivity (Wildman–Crippen MR) is 142 cm³/mol. The molecule has 0 bridgehead atoms. The summed E-state index contributed by atoms with van der Waals surface area (Å²) >= 11 is 0. The Morgan fingerprint density at radius 3 is 2.59 bits per heavy atom. The van der Waals surface area contributed by atoms with Crippen molar-refractivity contribution >= 4 is 41.5 Å². The Bertz CT molecular complexity index is 720. The van der Waals surface area contributed by atoms with Crippen molar-refractivity contribution in [2.24, 2.45) is 10.4 Å². The van der Waals surface area contributed by atoms with Crippen LogP contribution in [-0.2, 0) is 16.1 Å². The maximum Gasteiger partial charge on any atom is 0.239 e. The lowest BCUT2D eigenvalue weighted by Crippen LogP contribution is -2.47. The number of carbonyl (C=O) groups is 1. The van der Waals surface area contributed by atoms with E-state index in [4.69, 9.17) is 9.73 Å². The van der Waals surface area contributed by atoms with Crippen molar-refractivity contribution in [2.75, 3.05) is 50.8 Å². The average molecular weight is 558 g/mol. The van der Waals surface area contributed by atoms with Crippen LogP contribution in [0.5, 0.6) is 0 Å². The van der Waals surface area contributed by atoms with E-state index in [0.29, 0.717) is 25.0 Å². The van der Waals surface area contributed by atoms with Gasteiger partial charge in [0.2, 0.25) is 5.91 Å². The highest BCUT2D eigenvalue weighted by molar-refractivity contribution is 14.0. The lowest BCUT2D eigenvalue weighted by atomic mass is 9.83. The molecular weight excluding hydrogens is 517 g/mol. The van der Waals surface area contributed by atoms with Crippen molar-refractivity contribution in [2.45, 2.75) is 52.5 Å².